The van der Waals surface area contributed by atoms with Gasteiger partial charge in [-0.2, -0.15) is 0 Å². The van der Waals surface area contributed by atoms with E-state index in [4.69, 9.17) is 23.2 Å². The van der Waals surface area contributed by atoms with Gasteiger partial charge < -0.3 is 9.80 Å². The number of hydrogen-bond acceptors (Lipinski definition) is 5. The van der Waals surface area contributed by atoms with Crippen molar-refractivity contribution >= 4 is 40.4 Å². The van der Waals surface area contributed by atoms with Crippen LogP contribution in [0.15, 0.2) is 48.5 Å². The summed E-state index contributed by atoms with van der Waals surface area (Å²) in [5, 5.41) is 0. The number of halogens is 4. The van der Waals surface area contributed by atoms with Crippen LogP contribution < -0.4 is 9.80 Å². The lowest BCUT2D eigenvalue weighted by atomic mass is 10.0. The van der Waals surface area contributed by atoms with Crippen LogP contribution in [0.5, 0.6) is 0 Å². The SMILES string of the molecule is O=C(C(CCl)N1CCN(c2ccc(F)cc2)CC1)C(CCl)N1CCN(c2ccc(F)cc2)CC1. The summed E-state index contributed by atoms with van der Waals surface area (Å²) in [6.45, 7) is 5.79. The molecule has 184 valence electrons. The van der Waals surface area contributed by atoms with Gasteiger partial charge in [0.25, 0.3) is 0 Å². The summed E-state index contributed by atoms with van der Waals surface area (Å²) in [6, 6.07) is 12.2. The van der Waals surface area contributed by atoms with Crippen LogP contribution in [0.1, 0.15) is 0 Å². The molecule has 2 heterocycles. The second kappa shape index (κ2) is 11.7. The third-order valence-electron chi connectivity index (χ3n) is 6.84. The van der Waals surface area contributed by atoms with E-state index >= 15 is 0 Å². The van der Waals surface area contributed by atoms with Crippen LogP contribution in [-0.2, 0) is 4.79 Å². The van der Waals surface area contributed by atoms with E-state index in [2.05, 4.69) is 19.6 Å². The predicted octanol–water partition coefficient (Wildman–Crippen LogP) is 3.69. The third kappa shape index (κ3) is 5.82. The number of carbonyl (C=O) groups excluding carboxylic acids is 1. The van der Waals surface area contributed by atoms with E-state index in [-0.39, 0.29) is 29.2 Å². The first kappa shape index (κ1) is 25.2. The zero-order valence-corrected chi connectivity index (χ0v) is 20.6. The Labute approximate surface area is 209 Å². The van der Waals surface area contributed by atoms with Gasteiger partial charge in [0, 0.05) is 75.5 Å². The Morgan fingerprint density at radius 3 is 1.26 bits per heavy atom. The zero-order valence-electron chi connectivity index (χ0n) is 19.1. The first-order chi connectivity index (χ1) is 16.5. The lowest BCUT2D eigenvalue weighted by molar-refractivity contribution is -0.128. The minimum Gasteiger partial charge on any atom is -0.369 e. The number of benzene rings is 2. The molecular formula is C25H30Cl2F2N4O. The molecule has 34 heavy (non-hydrogen) atoms. The van der Waals surface area contributed by atoms with E-state index in [9.17, 15) is 13.6 Å². The van der Waals surface area contributed by atoms with Crippen molar-refractivity contribution in [3.8, 4) is 0 Å². The van der Waals surface area contributed by atoms with Crippen molar-refractivity contribution in [3.63, 3.8) is 0 Å². The molecule has 0 amide bonds. The highest BCUT2D eigenvalue weighted by Gasteiger charge is 2.36. The monoisotopic (exact) mass is 510 g/mol. The van der Waals surface area contributed by atoms with Crippen LogP contribution in [0, 0.1) is 11.6 Å². The highest BCUT2D eigenvalue weighted by Crippen LogP contribution is 2.22. The van der Waals surface area contributed by atoms with Gasteiger partial charge >= 0.3 is 0 Å². The molecule has 2 atom stereocenters. The van der Waals surface area contributed by atoms with Crippen molar-refractivity contribution in [1.82, 2.24) is 9.80 Å². The molecule has 0 spiro atoms. The molecule has 0 N–H and O–H groups in total. The molecule has 4 rings (SSSR count). The van der Waals surface area contributed by atoms with Crippen LogP contribution in [-0.4, -0.2) is 91.8 Å². The number of rotatable bonds is 8. The summed E-state index contributed by atoms with van der Waals surface area (Å²) in [5.41, 5.74) is 1.96. The molecule has 0 aliphatic carbocycles. The number of alkyl halides is 2. The molecule has 9 heteroatoms. The fraction of sp³-hybridized carbons (Fsp3) is 0.480. The molecule has 2 fully saturated rings. The number of hydrogen-bond donors (Lipinski definition) is 0. The average Bonchev–Trinajstić information content (AvgIpc) is 2.87. The molecule has 2 aromatic rings. The smallest absolute Gasteiger partial charge is 0.169 e. The van der Waals surface area contributed by atoms with E-state index in [1.807, 2.05) is 0 Å². The molecule has 0 radical (unpaired) electrons. The van der Waals surface area contributed by atoms with Crippen LogP contribution in [0.3, 0.4) is 0 Å². The quantitative estimate of drug-likeness (QED) is 0.505. The molecule has 2 aliphatic rings. The van der Waals surface area contributed by atoms with Gasteiger partial charge in [0.2, 0.25) is 0 Å². The van der Waals surface area contributed by atoms with E-state index in [0.29, 0.717) is 26.2 Å². The van der Waals surface area contributed by atoms with E-state index in [1.54, 1.807) is 24.3 Å². The van der Waals surface area contributed by atoms with Crippen molar-refractivity contribution in [2.45, 2.75) is 12.1 Å². The van der Waals surface area contributed by atoms with Gasteiger partial charge in [-0.05, 0) is 48.5 Å². The summed E-state index contributed by atoms with van der Waals surface area (Å²) in [4.78, 5) is 22.2. The molecule has 0 saturated carbocycles. The second-order valence-electron chi connectivity index (χ2n) is 8.74. The zero-order chi connectivity index (χ0) is 24.1. The number of anilines is 2. The minimum absolute atomic E-state index is 0.0652. The predicted molar refractivity (Wildman–Crippen MR) is 134 cm³/mol. The van der Waals surface area contributed by atoms with Crippen molar-refractivity contribution < 1.29 is 13.6 Å². The summed E-state index contributed by atoms with van der Waals surface area (Å²) in [5.74, 6) is 0.00783. The summed E-state index contributed by atoms with van der Waals surface area (Å²) < 4.78 is 26.5. The highest BCUT2D eigenvalue weighted by molar-refractivity contribution is 6.22. The topological polar surface area (TPSA) is 30.0 Å². The van der Waals surface area contributed by atoms with E-state index < -0.39 is 12.1 Å². The second-order valence-corrected chi connectivity index (χ2v) is 9.36. The Kier molecular flexibility index (Phi) is 8.64. The average molecular weight is 511 g/mol. The molecule has 0 bridgehead atoms. The molecule has 5 nitrogen and oxygen atoms in total. The van der Waals surface area contributed by atoms with Gasteiger partial charge in [-0.15, -0.1) is 23.2 Å². The third-order valence-corrected chi connectivity index (χ3v) is 7.43. The Morgan fingerprint density at radius 2 is 0.971 bits per heavy atom. The molecule has 2 aromatic carbocycles. The van der Waals surface area contributed by atoms with Crippen molar-refractivity contribution in [3.05, 3.63) is 60.2 Å². The molecule has 2 aliphatic heterocycles. The number of ketones is 1. The van der Waals surface area contributed by atoms with Gasteiger partial charge in [-0.1, -0.05) is 0 Å². The van der Waals surface area contributed by atoms with Crippen LogP contribution in [0.2, 0.25) is 0 Å². The maximum absolute atomic E-state index is 13.5. The summed E-state index contributed by atoms with van der Waals surface area (Å²) >= 11 is 12.6. The van der Waals surface area contributed by atoms with Gasteiger partial charge in [-0.3, -0.25) is 14.6 Å². The Hall–Kier alpha value is -1.93. The largest absolute Gasteiger partial charge is 0.369 e. The fourth-order valence-corrected chi connectivity index (χ4v) is 5.51. The molecule has 2 saturated heterocycles. The molecule has 0 aromatic heterocycles. The number of nitrogens with zero attached hydrogens (tertiary/aromatic N) is 4. The summed E-state index contributed by atoms with van der Waals surface area (Å²) in [6.07, 6.45) is 0. The van der Waals surface area contributed by atoms with Gasteiger partial charge in [0.15, 0.2) is 5.78 Å². The van der Waals surface area contributed by atoms with Crippen LogP contribution >= 0.6 is 23.2 Å². The Bertz CT molecular complexity index is 855. The first-order valence-electron chi connectivity index (χ1n) is 11.6. The first-order valence-corrected chi connectivity index (χ1v) is 12.7. The maximum atomic E-state index is 13.5. The van der Waals surface area contributed by atoms with E-state index in [1.165, 1.54) is 24.3 Å². The van der Waals surface area contributed by atoms with Crippen LogP contribution in [0.25, 0.3) is 0 Å². The van der Waals surface area contributed by atoms with Gasteiger partial charge in [0.1, 0.15) is 11.6 Å². The van der Waals surface area contributed by atoms with Crippen molar-refractivity contribution in [1.29, 1.82) is 0 Å². The molecule has 2 unspecified atom stereocenters. The maximum Gasteiger partial charge on any atom is 0.169 e. The van der Waals surface area contributed by atoms with Gasteiger partial charge in [0.05, 0.1) is 12.1 Å². The van der Waals surface area contributed by atoms with Gasteiger partial charge in [-0.25, -0.2) is 8.78 Å². The van der Waals surface area contributed by atoms with Crippen molar-refractivity contribution in [2.75, 3.05) is 73.9 Å². The standard InChI is InChI=1S/C25H30Cl2F2N4O/c26-17-23(32-13-9-30(10-14-32)21-5-1-19(28)2-6-21)25(34)24(18-27)33-15-11-31(12-16-33)22-7-3-20(29)4-8-22/h1-8,23-24H,9-18H2. The molecular weight excluding hydrogens is 481 g/mol. The van der Waals surface area contributed by atoms with Crippen molar-refractivity contribution in [2.24, 2.45) is 0 Å². The minimum atomic E-state index is -0.393. The number of Topliss-reactive ketones (excluding diaryl/α,β-unsaturated/α-hetero) is 1. The lowest BCUT2D eigenvalue weighted by Gasteiger charge is -2.43. The number of carbonyl (C=O) groups is 1. The number of piperazine rings is 2. The van der Waals surface area contributed by atoms with E-state index in [0.717, 1.165) is 37.6 Å². The Morgan fingerprint density at radius 1 is 0.647 bits per heavy atom. The Balaban J connectivity index is 1.33. The normalized spacial score (nSPS) is 19.8. The highest BCUT2D eigenvalue weighted by atomic mass is 35.5. The fourth-order valence-electron chi connectivity index (χ4n) is 4.82. The lowest BCUT2D eigenvalue weighted by Crippen LogP contribution is -2.60. The summed E-state index contributed by atoms with van der Waals surface area (Å²) in [7, 11) is 0. The van der Waals surface area contributed by atoms with Crippen LogP contribution in [0.4, 0.5) is 20.2 Å².